The molecule has 3 heterocycles. The van der Waals surface area contributed by atoms with Gasteiger partial charge in [0.2, 0.25) is 10.0 Å². The Balaban J connectivity index is 1.40. The van der Waals surface area contributed by atoms with Crippen molar-refractivity contribution >= 4 is 28.0 Å². The van der Waals surface area contributed by atoms with Crippen LogP contribution in [0.3, 0.4) is 0 Å². The van der Waals surface area contributed by atoms with Crippen molar-refractivity contribution < 1.29 is 22.7 Å². The van der Waals surface area contributed by atoms with Gasteiger partial charge in [-0.05, 0) is 56.5 Å². The lowest BCUT2D eigenvalue weighted by Gasteiger charge is -2.30. The zero-order valence-electron chi connectivity index (χ0n) is 25.4. The van der Waals surface area contributed by atoms with Gasteiger partial charge in [0.15, 0.2) is 0 Å². The van der Waals surface area contributed by atoms with Gasteiger partial charge in [-0.1, -0.05) is 30.3 Å². The molecule has 1 aliphatic heterocycles. The number of ether oxygens (including phenoxy) is 1. The molecule has 13 heteroatoms. The molecule has 1 saturated heterocycles. The third-order valence-electron chi connectivity index (χ3n) is 7.69. The van der Waals surface area contributed by atoms with E-state index in [1.807, 2.05) is 47.2 Å². The number of para-hydroxylation sites is 1. The van der Waals surface area contributed by atoms with Crippen molar-refractivity contribution in [2.45, 2.75) is 37.6 Å². The molecule has 0 saturated carbocycles. The Kier molecular flexibility index (Phi) is 10.4. The van der Waals surface area contributed by atoms with E-state index in [1.165, 1.54) is 16.4 Å². The number of nitriles is 1. The zero-order valence-corrected chi connectivity index (χ0v) is 26.3. The highest BCUT2D eigenvalue weighted by molar-refractivity contribution is 7.89. The predicted octanol–water partition coefficient (Wildman–Crippen LogP) is 3.81. The minimum Gasteiger partial charge on any atom is -0.466 e. The van der Waals surface area contributed by atoms with E-state index in [0.717, 1.165) is 5.69 Å². The number of aryl methyl sites for hydroxylation is 1. The van der Waals surface area contributed by atoms with Gasteiger partial charge in [0.05, 0.1) is 29.4 Å². The van der Waals surface area contributed by atoms with E-state index >= 15 is 0 Å². The third-order valence-corrected chi connectivity index (χ3v) is 9.58. The van der Waals surface area contributed by atoms with E-state index in [2.05, 4.69) is 10.3 Å². The Morgan fingerprint density at radius 1 is 1.13 bits per heavy atom. The lowest BCUT2D eigenvalue weighted by atomic mass is 9.98. The SMILES string of the molecule is CCOC(=O)C1CCN(S(=O)(=O)c2cccc(-c3nn(-c4ccccc4)cc3/C=C(\C#N)C(=O)NCCCn3ccnc3)c2)CC1. The maximum Gasteiger partial charge on any atom is 0.309 e. The molecule has 2 aromatic carbocycles. The molecule has 5 rings (SSSR count). The molecule has 0 spiro atoms. The minimum atomic E-state index is -3.87. The van der Waals surface area contributed by atoms with E-state index in [0.29, 0.717) is 49.2 Å². The molecule has 1 aliphatic rings. The number of rotatable bonds is 12. The Labute approximate surface area is 268 Å². The molecular weight excluding hydrogens is 606 g/mol. The number of nitrogens with zero attached hydrogens (tertiary/aromatic N) is 6. The van der Waals surface area contributed by atoms with Crippen molar-refractivity contribution in [3.8, 4) is 23.0 Å². The average Bonchev–Trinajstić information content (AvgIpc) is 3.76. The van der Waals surface area contributed by atoms with Crippen LogP contribution in [0.4, 0.5) is 0 Å². The van der Waals surface area contributed by atoms with Gasteiger partial charge in [0.1, 0.15) is 17.3 Å². The average molecular weight is 642 g/mol. The highest BCUT2D eigenvalue weighted by atomic mass is 32.2. The van der Waals surface area contributed by atoms with Crippen molar-refractivity contribution in [2.24, 2.45) is 5.92 Å². The molecule has 1 amide bonds. The van der Waals surface area contributed by atoms with E-state index in [-0.39, 0.29) is 42.1 Å². The van der Waals surface area contributed by atoms with Crippen molar-refractivity contribution in [1.29, 1.82) is 5.26 Å². The Bertz CT molecular complexity index is 1840. The fourth-order valence-corrected chi connectivity index (χ4v) is 6.77. The van der Waals surface area contributed by atoms with Gasteiger partial charge in [0.25, 0.3) is 5.91 Å². The first-order valence-corrected chi connectivity index (χ1v) is 16.5. The summed E-state index contributed by atoms with van der Waals surface area (Å²) in [6.45, 7) is 3.47. The molecule has 1 N–H and O–H groups in total. The molecule has 0 bridgehead atoms. The topological polar surface area (TPSA) is 152 Å². The molecule has 0 atom stereocenters. The fourth-order valence-electron chi connectivity index (χ4n) is 5.26. The molecule has 1 fully saturated rings. The molecule has 238 valence electrons. The van der Waals surface area contributed by atoms with Crippen LogP contribution in [0.2, 0.25) is 0 Å². The Morgan fingerprint density at radius 2 is 1.91 bits per heavy atom. The second kappa shape index (κ2) is 14.8. The molecule has 12 nitrogen and oxygen atoms in total. The zero-order chi connectivity index (χ0) is 32.5. The largest absolute Gasteiger partial charge is 0.466 e. The number of imidazole rings is 1. The number of hydrogen-bond acceptors (Lipinski definition) is 8. The molecular formula is C33H35N7O5S. The molecule has 0 unspecified atom stereocenters. The summed E-state index contributed by atoms with van der Waals surface area (Å²) >= 11 is 0. The maximum atomic E-state index is 13.7. The summed E-state index contributed by atoms with van der Waals surface area (Å²) in [6.07, 6.45) is 9.81. The standard InChI is InChI=1S/C33H35N7O5S/c1-2-45-33(42)25-12-17-39(18-13-25)46(43,44)30-11-6-8-26(21-30)31-28(23-40(37-31)29-9-4-3-5-10-29)20-27(22-34)32(41)36-14-7-16-38-19-15-35-24-38/h3-6,8-11,15,19-21,23-25H,2,7,12-14,16-18H2,1H3,(H,36,41)/b27-20+. The van der Waals surface area contributed by atoms with E-state index in [4.69, 9.17) is 9.84 Å². The van der Waals surface area contributed by atoms with Gasteiger partial charge < -0.3 is 14.6 Å². The molecule has 2 aromatic heterocycles. The smallest absolute Gasteiger partial charge is 0.309 e. The second-order valence-electron chi connectivity index (χ2n) is 10.8. The summed E-state index contributed by atoms with van der Waals surface area (Å²) in [6, 6.07) is 17.8. The van der Waals surface area contributed by atoms with Crippen molar-refractivity contribution in [3.05, 3.63) is 90.7 Å². The third kappa shape index (κ3) is 7.59. The fraction of sp³-hybridized carbons (Fsp3) is 0.303. The van der Waals surface area contributed by atoms with Gasteiger partial charge >= 0.3 is 5.97 Å². The number of benzene rings is 2. The van der Waals surface area contributed by atoms with Gasteiger partial charge in [-0.2, -0.15) is 14.7 Å². The van der Waals surface area contributed by atoms with Gasteiger partial charge in [-0.15, -0.1) is 0 Å². The van der Waals surface area contributed by atoms with Crippen LogP contribution in [0.15, 0.2) is 90.0 Å². The number of hydrogen-bond donors (Lipinski definition) is 1. The summed E-state index contributed by atoms with van der Waals surface area (Å²) in [4.78, 5) is 29.2. The van der Waals surface area contributed by atoms with Crippen LogP contribution in [-0.4, -0.2) is 70.2 Å². The number of carbonyl (C=O) groups is 2. The number of carbonyl (C=O) groups excluding carboxylic acids is 2. The van der Waals surface area contributed by atoms with Gasteiger partial charge in [-0.3, -0.25) is 9.59 Å². The predicted molar refractivity (Wildman–Crippen MR) is 171 cm³/mol. The van der Waals surface area contributed by atoms with Crippen LogP contribution in [-0.2, 0) is 30.9 Å². The summed E-state index contributed by atoms with van der Waals surface area (Å²) in [5.74, 6) is -1.14. The summed E-state index contributed by atoms with van der Waals surface area (Å²) in [5, 5.41) is 17.4. The number of nitrogens with one attached hydrogen (secondary N) is 1. The monoisotopic (exact) mass is 641 g/mol. The maximum absolute atomic E-state index is 13.7. The minimum absolute atomic E-state index is 0.0833. The van der Waals surface area contributed by atoms with E-state index in [9.17, 15) is 23.3 Å². The van der Waals surface area contributed by atoms with Gasteiger partial charge in [0, 0.05) is 55.9 Å². The summed E-state index contributed by atoms with van der Waals surface area (Å²) in [7, 11) is -3.87. The first-order valence-electron chi connectivity index (χ1n) is 15.1. The number of esters is 1. The lowest BCUT2D eigenvalue weighted by molar-refractivity contribution is -0.149. The van der Waals surface area contributed by atoms with Crippen molar-refractivity contribution in [1.82, 2.24) is 29.0 Å². The van der Waals surface area contributed by atoms with Crippen LogP contribution in [0.5, 0.6) is 0 Å². The van der Waals surface area contributed by atoms with E-state index in [1.54, 1.807) is 48.5 Å². The van der Waals surface area contributed by atoms with Crippen LogP contribution in [0.25, 0.3) is 23.0 Å². The van der Waals surface area contributed by atoms with Crippen LogP contribution in [0.1, 0.15) is 31.7 Å². The quantitative estimate of drug-likeness (QED) is 0.106. The highest BCUT2D eigenvalue weighted by Crippen LogP contribution is 2.30. The molecule has 4 aromatic rings. The normalized spacial score (nSPS) is 14.5. The molecule has 0 radical (unpaired) electrons. The van der Waals surface area contributed by atoms with Crippen LogP contribution < -0.4 is 5.32 Å². The van der Waals surface area contributed by atoms with Crippen LogP contribution >= 0.6 is 0 Å². The summed E-state index contributed by atoms with van der Waals surface area (Å²) < 4.78 is 37.4. The lowest BCUT2D eigenvalue weighted by Crippen LogP contribution is -2.40. The number of aromatic nitrogens is 4. The number of piperidine rings is 1. The van der Waals surface area contributed by atoms with E-state index < -0.39 is 15.9 Å². The second-order valence-corrected chi connectivity index (χ2v) is 12.7. The molecule has 46 heavy (non-hydrogen) atoms. The number of amides is 1. The van der Waals surface area contributed by atoms with Crippen molar-refractivity contribution in [2.75, 3.05) is 26.2 Å². The van der Waals surface area contributed by atoms with Crippen molar-refractivity contribution in [3.63, 3.8) is 0 Å². The Morgan fingerprint density at radius 3 is 2.61 bits per heavy atom. The van der Waals surface area contributed by atoms with Crippen LogP contribution in [0, 0.1) is 17.2 Å². The molecule has 0 aliphatic carbocycles. The summed E-state index contributed by atoms with van der Waals surface area (Å²) in [5.41, 5.74) is 2.02. The first kappa shape index (κ1) is 32.3. The Hall–Kier alpha value is -5.06. The highest BCUT2D eigenvalue weighted by Gasteiger charge is 2.33. The number of sulfonamides is 1. The first-order chi connectivity index (χ1) is 22.3. The van der Waals surface area contributed by atoms with Gasteiger partial charge in [-0.25, -0.2) is 18.1 Å².